The molecule has 0 N–H and O–H groups in total. The van der Waals surface area contributed by atoms with Crippen LogP contribution in [-0.2, 0) is 0 Å². The van der Waals surface area contributed by atoms with Gasteiger partial charge in [-0.25, -0.2) is 0 Å². The van der Waals surface area contributed by atoms with Crippen LogP contribution in [0.2, 0.25) is 0 Å². The molecule has 0 unspecified atom stereocenters. The number of benzene rings is 8. The maximum atomic E-state index is 14.6. The maximum absolute atomic E-state index is 14.6. The summed E-state index contributed by atoms with van der Waals surface area (Å²) in [6.45, 7) is 0. The lowest BCUT2D eigenvalue weighted by Gasteiger charge is -2.27. The second-order valence-electron chi connectivity index (χ2n) is 14.5. The lowest BCUT2D eigenvalue weighted by Crippen LogP contribution is -2.27. The quantitative estimate of drug-likeness (QED) is 0.126. The third-order valence-electron chi connectivity index (χ3n) is 11.1. The van der Waals surface area contributed by atoms with E-state index in [4.69, 9.17) is 4.42 Å². The number of pyridine rings is 1. The lowest BCUT2D eigenvalue weighted by molar-refractivity contribution is 0.669. The second kappa shape index (κ2) is 13.4. The Balaban J connectivity index is 1.09. The van der Waals surface area contributed by atoms with Crippen LogP contribution in [0.3, 0.4) is 0 Å². The van der Waals surface area contributed by atoms with Crippen LogP contribution in [0.25, 0.3) is 77.2 Å². The number of anilines is 3. The first-order valence-electron chi connectivity index (χ1n) is 19.3. The van der Waals surface area contributed by atoms with E-state index in [1.54, 1.807) is 8.97 Å². The van der Waals surface area contributed by atoms with Gasteiger partial charge in [-0.1, -0.05) is 121 Å². The van der Waals surface area contributed by atoms with E-state index in [0.29, 0.717) is 27.6 Å². The van der Waals surface area contributed by atoms with Crippen molar-refractivity contribution in [2.75, 3.05) is 4.90 Å². The summed E-state index contributed by atoms with van der Waals surface area (Å²) in [4.78, 5) is 31.0. The van der Waals surface area contributed by atoms with Gasteiger partial charge in [-0.05, 0) is 107 Å². The van der Waals surface area contributed by atoms with E-state index in [0.717, 1.165) is 66.6 Å². The molecule has 0 aliphatic heterocycles. The van der Waals surface area contributed by atoms with Gasteiger partial charge >= 0.3 is 0 Å². The third kappa shape index (κ3) is 5.34. The van der Waals surface area contributed by atoms with Gasteiger partial charge < -0.3 is 9.32 Å². The number of hydrogen-bond acceptors (Lipinski definition) is 4. The number of rotatable bonds is 6. The Labute approximate surface area is 332 Å². The molecule has 0 atom stereocenters. The Bertz CT molecular complexity index is 3490. The van der Waals surface area contributed by atoms with Gasteiger partial charge in [0.1, 0.15) is 16.8 Å². The Morgan fingerprint density at radius 2 is 1.07 bits per heavy atom. The minimum Gasteiger partial charge on any atom is -0.456 e. The van der Waals surface area contributed by atoms with Gasteiger partial charge in [0.15, 0.2) is 0 Å². The molecule has 0 fully saturated rings. The first-order valence-corrected chi connectivity index (χ1v) is 19.3. The standard InChI is InChI=1S/C52H33N3O3/c56-51-42-20-8-7-15-38(42)33-49-54(39-17-5-2-6-18-39)52(57)44-32-37(27-30-45(44)55(49)51)35-25-28-40(29-26-35)53(41-19-11-16-36(31-41)34-13-3-1-4-14-34)46-22-12-24-48-50(46)43-21-9-10-23-47(43)58-48/h1-33H. The summed E-state index contributed by atoms with van der Waals surface area (Å²) in [6.07, 6.45) is 0. The first-order chi connectivity index (χ1) is 28.6. The minimum atomic E-state index is -0.195. The van der Waals surface area contributed by atoms with Crippen molar-refractivity contribution in [3.05, 3.63) is 221 Å². The summed E-state index contributed by atoms with van der Waals surface area (Å²) in [7, 11) is 0. The van der Waals surface area contributed by atoms with Crippen molar-refractivity contribution in [3.8, 4) is 27.9 Å². The summed E-state index contributed by atoms with van der Waals surface area (Å²) < 4.78 is 9.66. The highest BCUT2D eigenvalue weighted by Crippen LogP contribution is 2.44. The van der Waals surface area contributed by atoms with Crippen LogP contribution in [0, 0.1) is 0 Å². The highest BCUT2D eigenvalue weighted by Gasteiger charge is 2.21. The molecule has 0 spiro atoms. The van der Waals surface area contributed by atoms with E-state index in [1.165, 1.54) is 0 Å². The van der Waals surface area contributed by atoms with Gasteiger partial charge in [-0.2, -0.15) is 0 Å². The van der Waals surface area contributed by atoms with E-state index >= 15 is 0 Å². The van der Waals surface area contributed by atoms with Crippen LogP contribution in [0.4, 0.5) is 17.1 Å². The number of para-hydroxylation sites is 2. The van der Waals surface area contributed by atoms with Gasteiger partial charge in [0.25, 0.3) is 11.1 Å². The minimum absolute atomic E-state index is 0.170. The SMILES string of the molecule is O=c1c2cc(-c3ccc(N(c4cccc(-c5ccccc5)c4)c4cccc5oc6ccccc6c45)cc3)ccc2n2c(=O)c3ccccc3cc2n1-c1ccccc1. The summed E-state index contributed by atoms with van der Waals surface area (Å²) in [5.74, 6) is 0. The molecular weight excluding hydrogens is 715 g/mol. The number of hydrogen-bond donors (Lipinski definition) is 0. The summed E-state index contributed by atoms with van der Waals surface area (Å²) >= 11 is 0. The van der Waals surface area contributed by atoms with Crippen LogP contribution in [-0.4, -0.2) is 8.97 Å². The molecule has 3 heterocycles. The molecule has 0 radical (unpaired) electrons. The topological polar surface area (TPSA) is 59.9 Å². The molecule has 11 rings (SSSR count). The van der Waals surface area contributed by atoms with Crippen LogP contribution < -0.4 is 16.0 Å². The molecule has 8 aromatic carbocycles. The summed E-state index contributed by atoms with van der Waals surface area (Å²) in [5.41, 5.74) is 10.1. The van der Waals surface area contributed by atoms with Crippen LogP contribution in [0.15, 0.2) is 214 Å². The van der Waals surface area contributed by atoms with Gasteiger partial charge in [0, 0.05) is 22.1 Å². The molecule has 0 aliphatic rings. The van der Waals surface area contributed by atoms with Crippen molar-refractivity contribution in [2.45, 2.75) is 0 Å². The Morgan fingerprint density at radius 1 is 0.431 bits per heavy atom. The van der Waals surface area contributed by atoms with Crippen molar-refractivity contribution >= 4 is 66.3 Å². The normalized spacial score (nSPS) is 11.6. The molecule has 0 saturated heterocycles. The van der Waals surface area contributed by atoms with Gasteiger partial charge in [-0.15, -0.1) is 0 Å². The maximum Gasteiger partial charge on any atom is 0.266 e. The molecule has 3 aromatic heterocycles. The molecule has 274 valence electrons. The number of fused-ring (bicyclic) bond motifs is 7. The molecule has 0 bridgehead atoms. The molecule has 58 heavy (non-hydrogen) atoms. The van der Waals surface area contributed by atoms with Crippen LogP contribution in [0.5, 0.6) is 0 Å². The predicted octanol–water partition coefficient (Wildman–Crippen LogP) is 12.5. The lowest BCUT2D eigenvalue weighted by atomic mass is 10.0. The fourth-order valence-corrected chi connectivity index (χ4v) is 8.40. The average Bonchev–Trinajstić information content (AvgIpc) is 3.67. The molecule has 0 aliphatic carbocycles. The Kier molecular flexibility index (Phi) is 7.69. The van der Waals surface area contributed by atoms with Crippen molar-refractivity contribution < 1.29 is 4.42 Å². The van der Waals surface area contributed by atoms with Crippen molar-refractivity contribution in [3.63, 3.8) is 0 Å². The molecular formula is C52H33N3O3. The first kappa shape index (κ1) is 33.4. The van der Waals surface area contributed by atoms with Crippen molar-refractivity contribution in [1.29, 1.82) is 0 Å². The highest BCUT2D eigenvalue weighted by atomic mass is 16.3. The molecule has 0 amide bonds. The van der Waals surface area contributed by atoms with Gasteiger partial charge in [0.05, 0.1) is 27.7 Å². The third-order valence-corrected chi connectivity index (χ3v) is 11.1. The monoisotopic (exact) mass is 747 g/mol. The van der Waals surface area contributed by atoms with Crippen molar-refractivity contribution in [1.82, 2.24) is 8.97 Å². The molecule has 6 heteroatoms. The molecule has 11 aromatic rings. The Hall–Kier alpha value is -7.96. The molecule has 6 nitrogen and oxygen atoms in total. The Morgan fingerprint density at radius 3 is 1.90 bits per heavy atom. The van der Waals surface area contributed by atoms with Gasteiger partial charge in [-0.3, -0.25) is 18.6 Å². The van der Waals surface area contributed by atoms with E-state index in [9.17, 15) is 9.59 Å². The zero-order chi connectivity index (χ0) is 38.7. The number of aromatic nitrogens is 2. The number of furan rings is 1. The fraction of sp³-hybridized carbons (Fsp3) is 0. The highest BCUT2D eigenvalue weighted by molar-refractivity contribution is 6.13. The van der Waals surface area contributed by atoms with Gasteiger partial charge in [0.2, 0.25) is 0 Å². The van der Waals surface area contributed by atoms with Crippen molar-refractivity contribution in [2.24, 2.45) is 0 Å². The van der Waals surface area contributed by atoms with Crippen LogP contribution in [0.1, 0.15) is 0 Å². The zero-order valence-electron chi connectivity index (χ0n) is 31.1. The summed E-state index contributed by atoms with van der Waals surface area (Å²) in [6, 6.07) is 66.5. The smallest absolute Gasteiger partial charge is 0.266 e. The fourth-order valence-electron chi connectivity index (χ4n) is 8.40. The largest absolute Gasteiger partial charge is 0.456 e. The summed E-state index contributed by atoms with van der Waals surface area (Å²) in [5, 5.41) is 3.91. The zero-order valence-corrected chi connectivity index (χ0v) is 31.1. The van der Waals surface area contributed by atoms with E-state index in [1.807, 2.05) is 115 Å². The average molecular weight is 748 g/mol. The van der Waals surface area contributed by atoms with Crippen LogP contribution >= 0.6 is 0 Å². The molecule has 0 saturated carbocycles. The second-order valence-corrected chi connectivity index (χ2v) is 14.5. The van der Waals surface area contributed by atoms with E-state index in [-0.39, 0.29) is 11.1 Å². The predicted molar refractivity (Wildman–Crippen MR) is 237 cm³/mol. The van der Waals surface area contributed by atoms with E-state index in [2.05, 4.69) is 89.8 Å². The van der Waals surface area contributed by atoms with E-state index < -0.39 is 0 Å². The number of nitrogens with zero attached hydrogens (tertiary/aromatic N) is 3.